The maximum Gasteiger partial charge on any atom is 0.238 e. The van der Waals surface area contributed by atoms with Crippen molar-refractivity contribution in [3.8, 4) is 0 Å². The molecule has 1 aliphatic heterocycles. The Labute approximate surface area is 120 Å². The highest BCUT2D eigenvalue weighted by Gasteiger charge is 2.27. The van der Waals surface area contributed by atoms with Crippen LogP contribution in [0.1, 0.15) is 18.1 Å². The monoisotopic (exact) mass is 277 g/mol. The van der Waals surface area contributed by atoms with Gasteiger partial charge in [-0.15, -0.1) is 0 Å². The molecule has 0 aliphatic carbocycles. The van der Waals surface area contributed by atoms with E-state index in [2.05, 4.69) is 15.5 Å². The molecule has 1 amide bonds. The number of nitrogens with zero attached hydrogens (tertiary/aromatic N) is 1. The van der Waals surface area contributed by atoms with Crippen molar-refractivity contribution in [1.29, 1.82) is 0 Å². The first-order valence-electron chi connectivity index (χ1n) is 7.15. The van der Waals surface area contributed by atoms with Crippen molar-refractivity contribution >= 4 is 5.91 Å². The molecule has 0 saturated carbocycles. The number of carbonyl (C=O) groups is 1. The number of hydrogen-bond acceptors (Lipinski definition) is 4. The number of hydrogen-bond donors (Lipinski definition) is 3. The standard InChI is InChI=1S/C15H23N3O2/c1-2-17-15(20)14-9-16-7-8-18(14)10-12-3-5-13(11-19)6-4-12/h3-6,14,16,19H,2,7-11H2,1H3,(H,17,20). The van der Waals surface area contributed by atoms with Gasteiger partial charge in [-0.2, -0.15) is 0 Å². The van der Waals surface area contributed by atoms with Crippen molar-refractivity contribution in [1.82, 2.24) is 15.5 Å². The van der Waals surface area contributed by atoms with Gasteiger partial charge in [0.1, 0.15) is 6.04 Å². The topological polar surface area (TPSA) is 64.6 Å². The van der Waals surface area contributed by atoms with Crippen molar-refractivity contribution in [2.24, 2.45) is 0 Å². The lowest BCUT2D eigenvalue weighted by atomic mass is 10.1. The van der Waals surface area contributed by atoms with E-state index in [9.17, 15) is 4.79 Å². The highest BCUT2D eigenvalue weighted by atomic mass is 16.3. The van der Waals surface area contributed by atoms with Crippen LogP contribution in [0, 0.1) is 0 Å². The molecule has 0 spiro atoms. The molecule has 5 heteroatoms. The number of benzene rings is 1. The Morgan fingerprint density at radius 3 is 2.75 bits per heavy atom. The summed E-state index contributed by atoms with van der Waals surface area (Å²) in [6, 6.07) is 7.78. The predicted molar refractivity (Wildman–Crippen MR) is 78.1 cm³/mol. The lowest BCUT2D eigenvalue weighted by Crippen LogP contribution is -2.57. The summed E-state index contributed by atoms with van der Waals surface area (Å²) in [4.78, 5) is 14.3. The lowest BCUT2D eigenvalue weighted by molar-refractivity contribution is -0.127. The molecule has 1 saturated heterocycles. The van der Waals surface area contributed by atoms with Gasteiger partial charge in [-0.05, 0) is 18.1 Å². The Kier molecular flexibility index (Phi) is 5.52. The third kappa shape index (κ3) is 3.79. The van der Waals surface area contributed by atoms with Crippen LogP contribution in [0.4, 0.5) is 0 Å². The van der Waals surface area contributed by atoms with Crippen LogP contribution in [-0.4, -0.2) is 48.1 Å². The van der Waals surface area contributed by atoms with E-state index in [1.54, 1.807) is 0 Å². The number of amides is 1. The minimum atomic E-state index is -0.110. The van der Waals surface area contributed by atoms with E-state index in [1.807, 2.05) is 31.2 Å². The summed E-state index contributed by atoms with van der Waals surface area (Å²) in [7, 11) is 0. The second-order valence-corrected chi connectivity index (χ2v) is 5.06. The quantitative estimate of drug-likeness (QED) is 0.714. The fraction of sp³-hybridized carbons (Fsp3) is 0.533. The summed E-state index contributed by atoms with van der Waals surface area (Å²) in [5.74, 6) is 0.0895. The van der Waals surface area contributed by atoms with Crippen LogP contribution in [0.15, 0.2) is 24.3 Å². The highest BCUT2D eigenvalue weighted by Crippen LogP contribution is 2.12. The SMILES string of the molecule is CCNC(=O)C1CNCCN1Cc1ccc(CO)cc1. The van der Waals surface area contributed by atoms with Crippen LogP contribution in [-0.2, 0) is 17.9 Å². The maximum atomic E-state index is 12.1. The number of nitrogens with one attached hydrogen (secondary N) is 2. The van der Waals surface area contributed by atoms with Crippen LogP contribution >= 0.6 is 0 Å². The second kappa shape index (κ2) is 7.38. The minimum Gasteiger partial charge on any atom is -0.392 e. The Morgan fingerprint density at radius 2 is 2.10 bits per heavy atom. The molecule has 0 radical (unpaired) electrons. The van der Waals surface area contributed by atoms with Gasteiger partial charge in [0.25, 0.3) is 0 Å². The molecule has 2 rings (SSSR count). The summed E-state index contributed by atoms with van der Waals surface area (Å²) in [5.41, 5.74) is 2.08. The average molecular weight is 277 g/mol. The third-order valence-corrected chi connectivity index (χ3v) is 3.60. The van der Waals surface area contributed by atoms with Gasteiger partial charge in [-0.25, -0.2) is 0 Å². The summed E-state index contributed by atoms with van der Waals surface area (Å²) in [5, 5.41) is 15.2. The first-order chi connectivity index (χ1) is 9.74. The molecule has 1 unspecified atom stereocenters. The number of rotatable bonds is 5. The van der Waals surface area contributed by atoms with Gasteiger partial charge in [0.05, 0.1) is 6.61 Å². The average Bonchev–Trinajstić information content (AvgIpc) is 2.49. The van der Waals surface area contributed by atoms with E-state index < -0.39 is 0 Å². The number of aliphatic hydroxyl groups excluding tert-OH is 1. The summed E-state index contributed by atoms with van der Waals surface area (Å²) in [6.07, 6.45) is 0. The molecule has 0 bridgehead atoms. The Bertz CT molecular complexity index is 433. The zero-order chi connectivity index (χ0) is 14.4. The van der Waals surface area contributed by atoms with Crippen LogP contribution in [0.5, 0.6) is 0 Å². The molecule has 0 aromatic heterocycles. The van der Waals surface area contributed by atoms with E-state index in [4.69, 9.17) is 5.11 Å². The van der Waals surface area contributed by atoms with Crippen LogP contribution in [0.25, 0.3) is 0 Å². The third-order valence-electron chi connectivity index (χ3n) is 3.60. The molecule has 1 fully saturated rings. The van der Waals surface area contributed by atoms with Crippen LogP contribution in [0.3, 0.4) is 0 Å². The lowest BCUT2D eigenvalue weighted by Gasteiger charge is -2.35. The van der Waals surface area contributed by atoms with E-state index in [0.717, 1.165) is 25.2 Å². The number of aliphatic hydroxyl groups is 1. The number of piperazine rings is 1. The zero-order valence-electron chi connectivity index (χ0n) is 11.9. The van der Waals surface area contributed by atoms with Crippen molar-refractivity contribution < 1.29 is 9.90 Å². The molecular weight excluding hydrogens is 254 g/mol. The molecular formula is C15H23N3O2. The number of likely N-dealkylation sites (N-methyl/N-ethyl adjacent to an activating group) is 1. The van der Waals surface area contributed by atoms with Gasteiger partial charge < -0.3 is 15.7 Å². The summed E-state index contributed by atoms with van der Waals surface area (Å²) < 4.78 is 0. The van der Waals surface area contributed by atoms with E-state index in [0.29, 0.717) is 13.1 Å². The summed E-state index contributed by atoms with van der Waals surface area (Å²) in [6.45, 7) is 5.89. The first-order valence-corrected chi connectivity index (χ1v) is 7.15. The molecule has 1 aromatic carbocycles. The normalized spacial score (nSPS) is 19.8. The highest BCUT2D eigenvalue weighted by molar-refractivity contribution is 5.82. The van der Waals surface area contributed by atoms with E-state index >= 15 is 0 Å². The van der Waals surface area contributed by atoms with Gasteiger partial charge in [-0.3, -0.25) is 9.69 Å². The molecule has 20 heavy (non-hydrogen) atoms. The van der Waals surface area contributed by atoms with E-state index in [1.165, 1.54) is 5.56 Å². The van der Waals surface area contributed by atoms with Crippen molar-refractivity contribution in [3.63, 3.8) is 0 Å². The first kappa shape index (κ1) is 15.0. The Morgan fingerprint density at radius 1 is 1.40 bits per heavy atom. The zero-order valence-corrected chi connectivity index (χ0v) is 11.9. The molecule has 1 heterocycles. The van der Waals surface area contributed by atoms with Gasteiger partial charge in [-0.1, -0.05) is 24.3 Å². The summed E-state index contributed by atoms with van der Waals surface area (Å²) >= 11 is 0. The van der Waals surface area contributed by atoms with Gasteiger partial charge in [0, 0.05) is 32.7 Å². The smallest absolute Gasteiger partial charge is 0.238 e. The molecule has 1 aromatic rings. The molecule has 1 aliphatic rings. The maximum absolute atomic E-state index is 12.1. The fourth-order valence-electron chi connectivity index (χ4n) is 2.47. The molecule has 1 atom stereocenters. The van der Waals surface area contributed by atoms with Gasteiger partial charge in [0.15, 0.2) is 0 Å². The van der Waals surface area contributed by atoms with Crippen LogP contribution < -0.4 is 10.6 Å². The largest absolute Gasteiger partial charge is 0.392 e. The van der Waals surface area contributed by atoms with Crippen molar-refractivity contribution in [2.45, 2.75) is 26.1 Å². The van der Waals surface area contributed by atoms with Crippen molar-refractivity contribution in [2.75, 3.05) is 26.2 Å². The van der Waals surface area contributed by atoms with Crippen molar-refractivity contribution in [3.05, 3.63) is 35.4 Å². The number of carbonyl (C=O) groups excluding carboxylic acids is 1. The molecule has 5 nitrogen and oxygen atoms in total. The Hall–Kier alpha value is -1.43. The fourth-order valence-corrected chi connectivity index (χ4v) is 2.47. The van der Waals surface area contributed by atoms with Gasteiger partial charge >= 0.3 is 0 Å². The molecule has 3 N–H and O–H groups in total. The minimum absolute atomic E-state index is 0.0649. The predicted octanol–water partition coefficient (Wildman–Crippen LogP) is 0.0888. The Balaban J connectivity index is 2.02. The second-order valence-electron chi connectivity index (χ2n) is 5.06. The van der Waals surface area contributed by atoms with Crippen LogP contribution in [0.2, 0.25) is 0 Å². The molecule has 110 valence electrons. The van der Waals surface area contributed by atoms with E-state index in [-0.39, 0.29) is 18.6 Å². The van der Waals surface area contributed by atoms with Gasteiger partial charge in [0.2, 0.25) is 5.91 Å².